The topological polar surface area (TPSA) is 28.2 Å². The highest BCUT2D eigenvalue weighted by Gasteiger charge is 2.08. The molecule has 0 atom stereocenters. The van der Waals surface area contributed by atoms with E-state index in [0.717, 1.165) is 18.8 Å². The van der Waals surface area contributed by atoms with Gasteiger partial charge in [-0.2, -0.15) is 0 Å². The molecule has 0 unspecified atom stereocenters. The summed E-state index contributed by atoms with van der Waals surface area (Å²) in [6.45, 7) is 12.8. The minimum absolute atomic E-state index is 0.493. The van der Waals surface area contributed by atoms with E-state index in [9.17, 15) is 0 Å². The van der Waals surface area contributed by atoms with Crippen molar-refractivity contribution in [1.29, 1.82) is 0 Å². The van der Waals surface area contributed by atoms with Crippen LogP contribution in [0.2, 0.25) is 0 Å². The van der Waals surface area contributed by atoms with Gasteiger partial charge in [0.2, 0.25) is 0 Å². The smallest absolute Gasteiger partial charge is 0.0562 e. The third-order valence-corrected chi connectivity index (χ3v) is 2.79. The molecule has 0 bridgehead atoms. The highest BCUT2D eigenvalue weighted by atomic mass is 15.1. The molecule has 0 amide bonds. The lowest BCUT2D eigenvalue weighted by atomic mass is 10.2. The number of hydrogen-bond acceptors (Lipinski definition) is 3. The highest BCUT2D eigenvalue weighted by molar-refractivity contribution is 5.47. The third kappa shape index (κ3) is 4.35. The van der Waals surface area contributed by atoms with Crippen molar-refractivity contribution in [3.8, 4) is 0 Å². The lowest BCUT2D eigenvalue weighted by Crippen LogP contribution is -2.30. The monoisotopic (exact) mass is 235 g/mol. The molecule has 96 valence electrons. The minimum atomic E-state index is 0.493. The summed E-state index contributed by atoms with van der Waals surface area (Å²) < 4.78 is 0. The molecule has 0 fully saturated rings. The van der Waals surface area contributed by atoms with Gasteiger partial charge in [0.05, 0.1) is 5.69 Å². The SMILES string of the molecule is CCN(c1ccnc(CNC(C)C)c1)C(C)C. The maximum Gasteiger partial charge on any atom is 0.0562 e. The van der Waals surface area contributed by atoms with Crippen LogP contribution in [0.15, 0.2) is 18.3 Å². The van der Waals surface area contributed by atoms with Gasteiger partial charge in [0.15, 0.2) is 0 Å². The maximum atomic E-state index is 4.40. The first kappa shape index (κ1) is 14.0. The summed E-state index contributed by atoms with van der Waals surface area (Å²) in [5, 5.41) is 3.39. The van der Waals surface area contributed by atoms with E-state index >= 15 is 0 Å². The Morgan fingerprint density at radius 2 is 2.00 bits per heavy atom. The van der Waals surface area contributed by atoms with Gasteiger partial charge in [-0.25, -0.2) is 0 Å². The molecule has 1 heterocycles. The molecule has 0 aromatic carbocycles. The van der Waals surface area contributed by atoms with Crippen molar-refractivity contribution < 1.29 is 0 Å². The molecule has 0 radical (unpaired) electrons. The Hall–Kier alpha value is -1.09. The molecule has 0 saturated carbocycles. The Labute approximate surface area is 105 Å². The fourth-order valence-corrected chi connectivity index (χ4v) is 1.90. The third-order valence-electron chi connectivity index (χ3n) is 2.79. The van der Waals surface area contributed by atoms with E-state index in [-0.39, 0.29) is 0 Å². The second-order valence-corrected chi connectivity index (χ2v) is 4.92. The molecule has 0 aliphatic carbocycles. The van der Waals surface area contributed by atoms with Gasteiger partial charge in [0.1, 0.15) is 0 Å². The van der Waals surface area contributed by atoms with Crippen LogP contribution in [0.25, 0.3) is 0 Å². The van der Waals surface area contributed by atoms with Crippen LogP contribution in [-0.2, 0) is 6.54 Å². The van der Waals surface area contributed by atoms with Crippen LogP contribution in [-0.4, -0.2) is 23.6 Å². The summed E-state index contributed by atoms with van der Waals surface area (Å²) in [6.07, 6.45) is 1.90. The summed E-state index contributed by atoms with van der Waals surface area (Å²) in [7, 11) is 0. The van der Waals surface area contributed by atoms with Gasteiger partial charge in [0, 0.05) is 37.1 Å². The van der Waals surface area contributed by atoms with Crippen molar-refractivity contribution in [2.24, 2.45) is 0 Å². The predicted molar refractivity (Wildman–Crippen MR) is 74.4 cm³/mol. The summed E-state index contributed by atoms with van der Waals surface area (Å²) in [5.41, 5.74) is 2.37. The zero-order chi connectivity index (χ0) is 12.8. The molecule has 0 aliphatic heterocycles. The summed E-state index contributed by atoms with van der Waals surface area (Å²) in [4.78, 5) is 6.77. The number of nitrogens with zero attached hydrogens (tertiary/aromatic N) is 2. The van der Waals surface area contributed by atoms with Gasteiger partial charge >= 0.3 is 0 Å². The molecule has 17 heavy (non-hydrogen) atoms. The minimum Gasteiger partial charge on any atom is -0.369 e. The normalized spacial score (nSPS) is 11.2. The van der Waals surface area contributed by atoms with Crippen molar-refractivity contribution in [3.05, 3.63) is 24.0 Å². The number of aromatic nitrogens is 1. The van der Waals surface area contributed by atoms with Crippen LogP contribution in [0.3, 0.4) is 0 Å². The predicted octanol–water partition coefficient (Wildman–Crippen LogP) is 2.81. The quantitative estimate of drug-likeness (QED) is 0.822. The van der Waals surface area contributed by atoms with Gasteiger partial charge in [-0.15, -0.1) is 0 Å². The Bertz CT molecular complexity index is 334. The van der Waals surface area contributed by atoms with E-state index < -0.39 is 0 Å². The van der Waals surface area contributed by atoms with Crippen molar-refractivity contribution in [2.75, 3.05) is 11.4 Å². The largest absolute Gasteiger partial charge is 0.369 e. The summed E-state index contributed by atoms with van der Waals surface area (Å²) >= 11 is 0. The molecule has 3 nitrogen and oxygen atoms in total. The highest BCUT2D eigenvalue weighted by Crippen LogP contribution is 2.17. The van der Waals surface area contributed by atoms with Crippen LogP contribution in [0.4, 0.5) is 5.69 Å². The average molecular weight is 235 g/mol. The number of nitrogens with one attached hydrogen (secondary N) is 1. The van der Waals surface area contributed by atoms with Gasteiger partial charge in [-0.3, -0.25) is 4.98 Å². The van der Waals surface area contributed by atoms with Crippen LogP contribution in [0, 0.1) is 0 Å². The lowest BCUT2D eigenvalue weighted by molar-refractivity contribution is 0.581. The number of rotatable bonds is 6. The van der Waals surface area contributed by atoms with E-state index in [4.69, 9.17) is 0 Å². The number of pyridine rings is 1. The molecule has 0 spiro atoms. The van der Waals surface area contributed by atoms with Crippen LogP contribution in [0.5, 0.6) is 0 Å². The van der Waals surface area contributed by atoms with Gasteiger partial charge < -0.3 is 10.2 Å². The Kier molecular flexibility index (Phi) is 5.42. The fraction of sp³-hybridized carbons (Fsp3) is 0.643. The zero-order valence-corrected chi connectivity index (χ0v) is 11.7. The van der Waals surface area contributed by atoms with E-state index in [0.29, 0.717) is 12.1 Å². The number of anilines is 1. The standard InChI is InChI=1S/C14H25N3/c1-6-17(12(4)5)14-7-8-15-13(9-14)10-16-11(2)3/h7-9,11-12,16H,6,10H2,1-5H3. The first-order valence-corrected chi connectivity index (χ1v) is 6.49. The van der Waals surface area contributed by atoms with Crippen LogP contribution >= 0.6 is 0 Å². The molecular formula is C14H25N3. The maximum absolute atomic E-state index is 4.40. The molecule has 1 aromatic heterocycles. The molecular weight excluding hydrogens is 210 g/mol. The van der Waals surface area contributed by atoms with Crippen LogP contribution in [0.1, 0.15) is 40.3 Å². The van der Waals surface area contributed by atoms with Crippen molar-refractivity contribution in [1.82, 2.24) is 10.3 Å². The van der Waals surface area contributed by atoms with Gasteiger partial charge in [0.25, 0.3) is 0 Å². The van der Waals surface area contributed by atoms with Gasteiger partial charge in [-0.05, 0) is 32.9 Å². The zero-order valence-electron chi connectivity index (χ0n) is 11.7. The lowest BCUT2D eigenvalue weighted by Gasteiger charge is -2.27. The van der Waals surface area contributed by atoms with E-state index in [1.807, 2.05) is 6.20 Å². The second-order valence-electron chi connectivity index (χ2n) is 4.92. The van der Waals surface area contributed by atoms with E-state index in [1.165, 1.54) is 5.69 Å². The Balaban J connectivity index is 2.77. The summed E-state index contributed by atoms with van der Waals surface area (Å²) in [6, 6.07) is 5.28. The molecule has 1 N–H and O–H groups in total. The summed E-state index contributed by atoms with van der Waals surface area (Å²) in [5.74, 6) is 0. The fourth-order valence-electron chi connectivity index (χ4n) is 1.90. The van der Waals surface area contributed by atoms with Crippen molar-refractivity contribution >= 4 is 5.69 Å². The number of hydrogen-bond donors (Lipinski definition) is 1. The van der Waals surface area contributed by atoms with E-state index in [2.05, 4.69) is 62.0 Å². The molecule has 3 heteroatoms. The Morgan fingerprint density at radius 3 is 2.53 bits per heavy atom. The molecule has 0 saturated heterocycles. The molecule has 1 rings (SSSR count). The molecule has 0 aliphatic rings. The average Bonchev–Trinajstić information content (AvgIpc) is 2.27. The first-order valence-electron chi connectivity index (χ1n) is 6.49. The van der Waals surface area contributed by atoms with Crippen LogP contribution < -0.4 is 10.2 Å². The second kappa shape index (κ2) is 6.60. The van der Waals surface area contributed by atoms with Crippen molar-refractivity contribution in [3.63, 3.8) is 0 Å². The van der Waals surface area contributed by atoms with E-state index in [1.54, 1.807) is 0 Å². The van der Waals surface area contributed by atoms with Gasteiger partial charge in [-0.1, -0.05) is 13.8 Å². The first-order chi connectivity index (χ1) is 8.04. The molecule has 1 aromatic rings. The van der Waals surface area contributed by atoms with Crippen molar-refractivity contribution in [2.45, 2.75) is 53.2 Å². The Morgan fingerprint density at radius 1 is 1.29 bits per heavy atom.